The Balaban J connectivity index is 1.32. The molecule has 34 heavy (non-hydrogen) atoms. The topological polar surface area (TPSA) is 86.4 Å². The van der Waals surface area contributed by atoms with Gasteiger partial charge in [0, 0.05) is 38.3 Å². The largest absolute Gasteiger partial charge is 0.346 e. The average molecular weight is 455 g/mol. The molecule has 1 amide bonds. The highest BCUT2D eigenvalue weighted by atomic mass is 16.7. The average Bonchev–Trinajstić information content (AvgIpc) is 3.53. The number of nitrogens with one attached hydrogen (secondary N) is 2. The molecule has 0 radical (unpaired) electrons. The van der Waals surface area contributed by atoms with Gasteiger partial charge in [-0.15, -0.1) is 0 Å². The number of fused-ring (bicyclic) bond motifs is 2. The van der Waals surface area contributed by atoms with Crippen LogP contribution in [0, 0.1) is 0 Å². The third-order valence-electron chi connectivity index (χ3n) is 6.61. The first kappa shape index (κ1) is 20.7. The Morgan fingerprint density at radius 2 is 2.00 bits per heavy atom. The number of amides is 1. The number of benzene rings is 2. The summed E-state index contributed by atoms with van der Waals surface area (Å²) >= 11 is 0. The van der Waals surface area contributed by atoms with E-state index in [2.05, 4.69) is 46.7 Å². The van der Waals surface area contributed by atoms with Gasteiger partial charge in [0.2, 0.25) is 11.9 Å². The Bertz CT molecular complexity index is 1350. The van der Waals surface area contributed by atoms with Crippen molar-refractivity contribution in [2.24, 2.45) is 0 Å². The third kappa shape index (κ3) is 3.76. The van der Waals surface area contributed by atoms with Crippen molar-refractivity contribution >= 4 is 34.4 Å². The van der Waals surface area contributed by atoms with Gasteiger partial charge in [-0.25, -0.2) is 5.06 Å². The molecule has 4 heterocycles. The van der Waals surface area contributed by atoms with Crippen LogP contribution in [0.1, 0.15) is 36.1 Å². The SMILES string of the molecule is CC(=O)N1CCc2cc(Nc3nc(N4OCC[C@H]4c4ccccc4)c4cc[nH]c4n3)ccc2C1. The second kappa shape index (κ2) is 8.46. The molecule has 8 nitrogen and oxygen atoms in total. The van der Waals surface area contributed by atoms with Crippen molar-refractivity contribution in [3.63, 3.8) is 0 Å². The fourth-order valence-corrected chi connectivity index (χ4v) is 4.83. The second-order valence-corrected chi connectivity index (χ2v) is 8.78. The molecule has 1 saturated heterocycles. The van der Waals surface area contributed by atoms with Crippen LogP contribution in [0.2, 0.25) is 0 Å². The fourth-order valence-electron chi connectivity index (χ4n) is 4.83. The van der Waals surface area contributed by atoms with E-state index in [0.717, 1.165) is 41.9 Å². The van der Waals surface area contributed by atoms with Gasteiger partial charge in [0.05, 0.1) is 18.0 Å². The highest BCUT2D eigenvalue weighted by Crippen LogP contribution is 2.37. The van der Waals surface area contributed by atoms with Gasteiger partial charge >= 0.3 is 0 Å². The van der Waals surface area contributed by atoms with Crippen LogP contribution in [-0.2, 0) is 22.6 Å². The first-order valence-corrected chi connectivity index (χ1v) is 11.6. The molecule has 2 aliphatic rings. The molecule has 2 N–H and O–H groups in total. The normalized spacial score (nSPS) is 17.7. The molecule has 0 spiro atoms. The molecule has 2 aromatic carbocycles. The van der Waals surface area contributed by atoms with Crippen molar-refractivity contribution in [3.05, 3.63) is 77.5 Å². The number of hydrogen-bond acceptors (Lipinski definition) is 6. The minimum Gasteiger partial charge on any atom is -0.346 e. The zero-order valence-corrected chi connectivity index (χ0v) is 19.0. The van der Waals surface area contributed by atoms with Crippen LogP contribution < -0.4 is 10.4 Å². The summed E-state index contributed by atoms with van der Waals surface area (Å²) in [5, 5.41) is 6.22. The third-order valence-corrected chi connectivity index (χ3v) is 6.61. The van der Waals surface area contributed by atoms with Crippen LogP contribution in [0.3, 0.4) is 0 Å². The Morgan fingerprint density at radius 1 is 1.12 bits per heavy atom. The Hall–Kier alpha value is -3.91. The molecule has 4 aromatic rings. The zero-order valence-electron chi connectivity index (χ0n) is 19.0. The number of anilines is 3. The van der Waals surface area contributed by atoms with Gasteiger partial charge < -0.3 is 15.2 Å². The molecule has 2 aromatic heterocycles. The minimum absolute atomic E-state index is 0.0926. The smallest absolute Gasteiger partial charge is 0.231 e. The molecular formula is C26H26N6O2. The number of carbonyl (C=O) groups excluding carboxylic acids is 1. The van der Waals surface area contributed by atoms with Crippen LogP contribution in [-0.4, -0.2) is 38.9 Å². The summed E-state index contributed by atoms with van der Waals surface area (Å²) < 4.78 is 0. The monoisotopic (exact) mass is 454 g/mol. The van der Waals surface area contributed by atoms with E-state index < -0.39 is 0 Å². The Kier molecular flexibility index (Phi) is 5.15. The lowest BCUT2D eigenvalue weighted by Crippen LogP contribution is -2.34. The maximum Gasteiger partial charge on any atom is 0.231 e. The Labute approximate surface area is 197 Å². The summed E-state index contributed by atoms with van der Waals surface area (Å²) in [4.78, 5) is 32.5. The predicted molar refractivity (Wildman–Crippen MR) is 131 cm³/mol. The number of nitrogens with zero attached hydrogens (tertiary/aromatic N) is 4. The molecule has 2 aliphatic heterocycles. The lowest BCUT2D eigenvalue weighted by atomic mass is 9.99. The molecule has 0 bridgehead atoms. The van der Waals surface area contributed by atoms with Crippen molar-refractivity contribution in [2.45, 2.75) is 32.4 Å². The van der Waals surface area contributed by atoms with Gasteiger partial charge in [-0.05, 0) is 41.3 Å². The van der Waals surface area contributed by atoms with Crippen LogP contribution in [0.15, 0.2) is 60.8 Å². The molecule has 1 atom stereocenters. The molecule has 8 heteroatoms. The minimum atomic E-state index is 0.0926. The van der Waals surface area contributed by atoms with Crippen molar-refractivity contribution < 1.29 is 9.63 Å². The molecule has 0 unspecified atom stereocenters. The second-order valence-electron chi connectivity index (χ2n) is 8.78. The van der Waals surface area contributed by atoms with E-state index in [1.807, 2.05) is 34.4 Å². The van der Waals surface area contributed by atoms with Gasteiger partial charge in [0.1, 0.15) is 5.65 Å². The number of hydrogen-bond donors (Lipinski definition) is 2. The molecule has 6 rings (SSSR count). The first-order chi connectivity index (χ1) is 16.7. The van der Waals surface area contributed by atoms with Crippen LogP contribution in [0.25, 0.3) is 11.0 Å². The molecule has 172 valence electrons. The molecular weight excluding hydrogens is 428 g/mol. The number of H-pyrrole nitrogens is 1. The Morgan fingerprint density at radius 3 is 2.85 bits per heavy atom. The van der Waals surface area contributed by atoms with E-state index in [9.17, 15) is 4.79 Å². The van der Waals surface area contributed by atoms with Crippen molar-refractivity contribution in [3.8, 4) is 0 Å². The van der Waals surface area contributed by atoms with Crippen molar-refractivity contribution in [2.75, 3.05) is 23.5 Å². The fraction of sp³-hybridized carbons (Fsp3) is 0.269. The maximum atomic E-state index is 11.7. The van der Waals surface area contributed by atoms with E-state index in [-0.39, 0.29) is 11.9 Å². The van der Waals surface area contributed by atoms with Gasteiger partial charge in [-0.2, -0.15) is 9.97 Å². The standard InChI is InChI=1S/C26H26N6O2/c1-17(33)31-13-10-19-15-21(8-7-20(19)16-31)28-26-29-24-22(9-12-27-24)25(30-26)32-23(11-14-34-32)18-5-3-2-4-6-18/h2-9,12,15,23H,10-11,13-14,16H2,1H3,(H2,27,28,29,30)/t23-/m0/s1. The number of aromatic nitrogens is 3. The predicted octanol–water partition coefficient (Wildman–Crippen LogP) is 4.49. The number of rotatable bonds is 4. The molecule has 0 aliphatic carbocycles. The van der Waals surface area contributed by atoms with Crippen LogP contribution in [0.5, 0.6) is 0 Å². The zero-order chi connectivity index (χ0) is 23.1. The summed E-state index contributed by atoms with van der Waals surface area (Å²) in [7, 11) is 0. The highest BCUT2D eigenvalue weighted by Gasteiger charge is 2.31. The van der Waals surface area contributed by atoms with Crippen LogP contribution >= 0.6 is 0 Å². The van der Waals surface area contributed by atoms with Gasteiger partial charge in [0.15, 0.2) is 5.82 Å². The van der Waals surface area contributed by atoms with E-state index >= 15 is 0 Å². The van der Waals surface area contributed by atoms with E-state index in [1.54, 1.807) is 6.92 Å². The van der Waals surface area contributed by atoms with E-state index in [4.69, 9.17) is 14.8 Å². The van der Waals surface area contributed by atoms with Gasteiger partial charge in [-0.1, -0.05) is 36.4 Å². The van der Waals surface area contributed by atoms with Crippen molar-refractivity contribution in [1.29, 1.82) is 0 Å². The lowest BCUT2D eigenvalue weighted by Gasteiger charge is -2.28. The maximum absolute atomic E-state index is 11.7. The number of hydroxylamine groups is 1. The summed E-state index contributed by atoms with van der Waals surface area (Å²) in [6, 6.07) is 18.7. The molecule has 0 saturated carbocycles. The number of aromatic amines is 1. The lowest BCUT2D eigenvalue weighted by molar-refractivity contribution is -0.129. The number of carbonyl (C=O) groups is 1. The molecule has 1 fully saturated rings. The van der Waals surface area contributed by atoms with E-state index in [0.29, 0.717) is 19.1 Å². The van der Waals surface area contributed by atoms with E-state index in [1.165, 1.54) is 16.7 Å². The quantitative estimate of drug-likeness (QED) is 0.473. The van der Waals surface area contributed by atoms with Crippen molar-refractivity contribution in [1.82, 2.24) is 19.9 Å². The van der Waals surface area contributed by atoms with Crippen LogP contribution in [0.4, 0.5) is 17.5 Å². The van der Waals surface area contributed by atoms with Gasteiger partial charge in [-0.3, -0.25) is 9.63 Å². The highest BCUT2D eigenvalue weighted by molar-refractivity contribution is 5.88. The summed E-state index contributed by atoms with van der Waals surface area (Å²) in [6.07, 6.45) is 3.61. The summed E-state index contributed by atoms with van der Waals surface area (Å²) in [5.41, 5.74) is 5.31. The van der Waals surface area contributed by atoms with Gasteiger partial charge in [0.25, 0.3) is 0 Å². The first-order valence-electron chi connectivity index (χ1n) is 11.6. The summed E-state index contributed by atoms with van der Waals surface area (Å²) in [5.74, 6) is 1.37. The summed E-state index contributed by atoms with van der Waals surface area (Å²) in [6.45, 7) is 3.67.